The molecule has 0 radical (unpaired) electrons. The van der Waals surface area contributed by atoms with Crippen molar-refractivity contribution >= 4 is 5.97 Å². The maximum atomic E-state index is 12.5. The van der Waals surface area contributed by atoms with E-state index in [1.54, 1.807) is 0 Å². The second kappa shape index (κ2) is 5.22. The SMILES string of the molecule is CC(=CC1C2CC3CC(C2)CC1C3)OC(=O)C1CC2C=CC1C2. The Hall–Kier alpha value is -1.05. The molecule has 6 aliphatic rings. The maximum absolute atomic E-state index is 12.5. The summed E-state index contributed by atoms with van der Waals surface area (Å²) in [6.07, 6.45) is 16.2. The van der Waals surface area contributed by atoms with Gasteiger partial charge < -0.3 is 4.74 Å². The molecule has 0 aromatic rings. The van der Waals surface area contributed by atoms with Crippen molar-refractivity contribution in [3.8, 4) is 0 Å². The van der Waals surface area contributed by atoms with Crippen molar-refractivity contribution < 1.29 is 9.53 Å². The van der Waals surface area contributed by atoms with Crippen LogP contribution in [-0.2, 0) is 9.53 Å². The van der Waals surface area contributed by atoms with Crippen LogP contribution in [0.15, 0.2) is 24.0 Å². The van der Waals surface area contributed by atoms with Gasteiger partial charge in [0.15, 0.2) is 0 Å². The van der Waals surface area contributed by atoms with Gasteiger partial charge in [-0.3, -0.25) is 4.79 Å². The molecule has 0 heterocycles. The molecule has 6 rings (SSSR count). The summed E-state index contributed by atoms with van der Waals surface area (Å²) in [5.74, 6) is 6.51. The monoisotopic (exact) mass is 312 g/mol. The van der Waals surface area contributed by atoms with E-state index in [1.807, 2.05) is 6.92 Å². The third-order valence-electron chi connectivity index (χ3n) is 7.57. The van der Waals surface area contributed by atoms with E-state index in [0.29, 0.717) is 17.8 Å². The van der Waals surface area contributed by atoms with Crippen molar-refractivity contribution in [2.24, 2.45) is 47.3 Å². The molecule has 0 N–H and O–H groups in total. The molecule has 23 heavy (non-hydrogen) atoms. The molecule has 5 saturated carbocycles. The molecule has 6 aliphatic carbocycles. The quantitative estimate of drug-likeness (QED) is 0.428. The van der Waals surface area contributed by atoms with Crippen LogP contribution in [0.25, 0.3) is 0 Å². The van der Waals surface area contributed by atoms with Gasteiger partial charge in [-0.05, 0) is 99.4 Å². The van der Waals surface area contributed by atoms with E-state index in [2.05, 4.69) is 18.2 Å². The topological polar surface area (TPSA) is 26.3 Å². The molecule has 6 bridgehead atoms. The van der Waals surface area contributed by atoms with E-state index in [0.717, 1.165) is 42.3 Å². The van der Waals surface area contributed by atoms with Gasteiger partial charge in [-0.25, -0.2) is 0 Å². The maximum Gasteiger partial charge on any atom is 0.314 e. The van der Waals surface area contributed by atoms with Crippen LogP contribution in [0.5, 0.6) is 0 Å². The second-order valence-corrected chi connectivity index (χ2v) is 9.09. The number of fused-ring (bicyclic) bond motifs is 2. The van der Waals surface area contributed by atoms with Gasteiger partial charge in [-0.1, -0.05) is 12.2 Å². The minimum atomic E-state index is 0.0272. The predicted octanol–water partition coefficient (Wildman–Crippen LogP) is 4.72. The van der Waals surface area contributed by atoms with Crippen LogP contribution in [0.1, 0.15) is 51.9 Å². The van der Waals surface area contributed by atoms with Gasteiger partial charge in [-0.2, -0.15) is 0 Å². The van der Waals surface area contributed by atoms with Crippen LogP contribution in [0.4, 0.5) is 0 Å². The lowest BCUT2D eigenvalue weighted by Gasteiger charge is -2.53. The third kappa shape index (κ3) is 2.40. The molecule has 124 valence electrons. The smallest absolute Gasteiger partial charge is 0.314 e. The Kier molecular flexibility index (Phi) is 3.25. The Morgan fingerprint density at radius 1 is 0.957 bits per heavy atom. The van der Waals surface area contributed by atoms with Gasteiger partial charge in [-0.15, -0.1) is 0 Å². The first-order valence-corrected chi connectivity index (χ1v) is 9.74. The van der Waals surface area contributed by atoms with Gasteiger partial charge in [0.2, 0.25) is 0 Å². The fourth-order valence-corrected chi connectivity index (χ4v) is 6.83. The predicted molar refractivity (Wildman–Crippen MR) is 89.2 cm³/mol. The number of ether oxygens (including phenoxy) is 1. The molecule has 0 aliphatic heterocycles. The Morgan fingerprint density at radius 3 is 2.22 bits per heavy atom. The first kappa shape index (κ1) is 14.3. The fraction of sp³-hybridized carbons (Fsp3) is 0.762. The Bertz CT molecular complexity index is 544. The molecule has 0 aromatic heterocycles. The van der Waals surface area contributed by atoms with E-state index in [1.165, 1.54) is 32.1 Å². The summed E-state index contributed by atoms with van der Waals surface area (Å²) in [4.78, 5) is 12.5. The highest BCUT2D eigenvalue weighted by Crippen LogP contribution is 2.57. The average Bonchev–Trinajstić information content (AvgIpc) is 3.13. The van der Waals surface area contributed by atoms with Crippen molar-refractivity contribution in [1.82, 2.24) is 0 Å². The zero-order valence-electron chi connectivity index (χ0n) is 14.1. The first-order chi connectivity index (χ1) is 11.2. The van der Waals surface area contributed by atoms with Crippen molar-refractivity contribution in [3.05, 3.63) is 24.0 Å². The van der Waals surface area contributed by atoms with Crippen molar-refractivity contribution in [3.63, 3.8) is 0 Å². The molecule has 0 amide bonds. The number of carbonyl (C=O) groups is 1. The molecule has 0 spiro atoms. The van der Waals surface area contributed by atoms with Crippen molar-refractivity contribution in [1.29, 1.82) is 0 Å². The largest absolute Gasteiger partial charge is 0.431 e. The summed E-state index contributed by atoms with van der Waals surface area (Å²) >= 11 is 0. The minimum absolute atomic E-state index is 0.0272. The van der Waals surface area contributed by atoms with Crippen molar-refractivity contribution in [2.45, 2.75) is 51.9 Å². The van der Waals surface area contributed by atoms with E-state index in [9.17, 15) is 4.79 Å². The number of hydrogen-bond acceptors (Lipinski definition) is 2. The number of hydrogen-bond donors (Lipinski definition) is 0. The zero-order chi connectivity index (χ0) is 15.6. The molecule has 2 heteroatoms. The lowest BCUT2D eigenvalue weighted by Crippen LogP contribution is -2.44. The second-order valence-electron chi connectivity index (χ2n) is 9.09. The van der Waals surface area contributed by atoms with E-state index >= 15 is 0 Å². The Morgan fingerprint density at radius 2 is 1.65 bits per heavy atom. The molecule has 5 fully saturated rings. The number of rotatable bonds is 3. The Labute approximate surface area is 139 Å². The summed E-state index contributed by atoms with van der Waals surface area (Å²) < 4.78 is 5.78. The summed E-state index contributed by atoms with van der Waals surface area (Å²) in [6.45, 7) is 2.01. The number of allylic oxidation sites excluding steroid dienone is 4. The van der Waals surface area contributed by atoms with E-state index in [-0.39, 0.29) is 11.9 Å². The molecule has 3 unspecified atom stereocenters. The highest BCUT2D eigenvalue weighted by atomic mass is 16.5. The summed E-state index contributed by atoms with van der Waals surface area (Å²) in [6, 6.07) is 0. The van der Waals surface area contributed by atoms with Crippen LogP contribution in [0.2, 0.25) is 0 Å². The summed E-state index contributed by atoms with van der Waals surface area (Å²) in [7, 11) is 0. The molecular weight excluding hydrogens is 284 g/mol. The van der Waals surface area contributed by atoms with Gasteiger partial charge in [0.05, 0.1) is 5.92 Å². The van der Waals surface area contributed by atoms with Gasteiger partial charge in [0, 0.05) is 0 Å². The van der Waals surface area contributed by atoms with Crippen LogP contribution in [-0.4, -0.2) is 5.97 Å². The minimum Gasteiger partial charge on any atom is -0.431 e. The van der Waals surface area contributed by atoms with E-state index < -0.39 is 0 Å². The molecule has 2 nitrogen and oxygen atoms in total. The van der Waals surface area contributed by atoms with Crippen LogP contribution in [0, 0.1) is 47.3 Å². The standard InChI is InChI=1S/C21H28O2/c1-12(23-21(22)20-11-13-2-3-16(20)6-13)4-19-17-7-14-5-15(9-17)10-18(19)8-14/h2-4,13-20H,5-11H2,1H3. The lowest BCUT2D eigenvalue weighted by atomic mass is 9.52. The highest BCUT2D eigenvalue weighted by molar-refractivity contribution is 5.75. The van der Waals surface area contributed by atoms with Crippen LogP contribution >= 0.6 is 0 Å². The van der Waals surface area contributed by atoms with Crippen molar-refractivity contribution in [2.75, 3.05) is 0 Å². The van der Waals surface area contributed by atoms with E-state index in [4.69, 9.17) is 4.74 Å². The van der Waals surface area contributed by atoms with Crippen LogP contribution in [0.3, 0.4) is 0 Å². The summed E-state index contributed by atoms with van der Waals surface area (Å²) in [5.41, 5.74) is 0. The lowest BCUT2D eigenvalue weighted by molar-refractivity contribution is -0.145. The van der Waals surface area contributed by atoms with Gasteiger partial charge in [0.25, 0.3) is 0 Å². The molecule has 0 aromatic carbocycles. The van der Waals surface area contributed by atoms with Crippen LogP contribution < -0.4 is 0 Å². The van der Waals surface area contributed by atoms with Gasteiger partial charge >= 0.3 is 5.97 Å². The first-order valence-electron chi connectivity index (χ1n) is 9.74. The average molecular weight is 312 g/mol. The fourth-order valence-electron chi connectivity index (χ4n) is 6.83. The molecule has 3 atom stereocenters. The summed E-state index contributed by atoms with van der Waals surface area (Å²) in [5, 5.41) is 0. The highest BCUT2D eigenvalue weighted by Gasteiger charge is 2.47. The Balaban J connectivity index is 1.26. The number of carbonyl (C=O) groups excluding carboxylic acids is 1. The molecule has 0 saturated heterocycles. The zero-order valence-corrected chi connectivity index (χ0v) is 14.1. The number of esters is 1. The normalized spacial score (nSPS) is 49.9. The third-order valence-corrected chi connectivity index (χ3v) is 7.57. The molecular formula is C21H28O2. The van der Waals surface area contributed by atoms with Gasteiger partial charge in [0.1, 0.15) is 5.76 Å².